The van der Waals surface area contributed by atoms with Crippen LogP contribution in [0.2, 0.25) is 0 Å². The Labute approximate surface area is 155 Å². The number of urea groups is 1. The topological polar surface area (TPSA) is 57.3 Å². The van der Waals surface area contributed by atoms with Crippen molar-refractivity contribution in [2.45, 2.75) is 52.6 Å². The zero-order valence-corrected chi connectivity index (χ0v) is 15.9. The lowest BCUT2D eigenvalue weighted by atomic mass is 10.0. The fourth-order valence-electron chi connectivity index (χ4n) is 3.49. The molecule has 1 saturated heterocycles. The summed E-state index contributed by atoms with van der Waals surface area (Å²) in [7, 11) is 0. The number of aryl methyl sites for hydroxylation is 2. The summed E-state index contributed by atoms with van der Waals surface area (Å²) in [6, 6.07) is 8.60. The standard InChI is InChI=1S/C21H28N4O/c1-15-12-19(25-11-5-4-6-17(25)3)7-8-20(15)24-21(26)23-14-18-9-10-22-13-16(18)2/h7-10,12-13,17H,4-6,11,14H2,1-3H3,(H2,23,24,26). The molecule has 138 valence electrons. The number of hydrogen-bond acceptors (Lipinski definition) is 3. The average molecular weight is 352 g/mol. The number of nitrogens with one attached hydrogen (secondary N) is 2. The first-order chi connectivity index (χ1) is 12.5. The van der Waals surface area contributed by atoms with Crippen LogP contribution in [-0.4, -0.2) is 23.6 Å². The van der Waals surface area contributed by atoms with Gasteiger partial charge in [-0.1, -0.05) is 0 Å². The summed E-state index contributed by atoms with van der Waals surface area (Å²) in [6.45, 7) is 7.92. The van der Waals surface area contributed by atoms with Crippen molar-refractivity contribution in [3.8, 4) is 0 Å². The van der Waals surface area contributed by atoms with Crippen LogP contribution in [0, 0.1) is 13.8 Å². The number of hydrogen-bond donors (Lipinski definition) is 2. The van der Waals surface area contributed by atoms with Crippen LogP contribution in [0.4, 0.5) is 16.2 Å². The highest BCUT2D eigenvalue weighted by molar-refractivity contribution is 5.90. The van der Waals surface area contributed by atoms with Gasteiger partial charge in [0, 0.05) is 42.9 Å². The Morgan fingerprint density at radius 3 is 2.81 bits per heavy atom. The SMILES string of the molecule is Cc1cnccc1CNC(=O)Nc1ccc(N2CCCCC2C)cc1C. The Kier molecular flexibility index (Phi) is 5.76. The van der Waals surface area contributed by atoms with Crippen molar-refractivity contribution in [1.29, 1.82) is 0 Å². The van der Waals surface area contributed by atoms with Crippen molar-refractivity contribution in [3.05, 3.63) is 53.3 Å². The third-order valence-corrected chi connectivity index (χ3v) is 5.17. The molecule has 2 N–H and O–H groups in total. The average Bonchev–Trinajstić information content (AvgIpc) is 2.63. The Bertz CT molecular complexity index is 774. The molecule has 0 radical (unpaired) electrons. The molecule has 0 bridgehead atoms. The van der Waals surface area contributed by atoms with Gasteiger partial charge in [0.1, 0.15) is 0 Å². The highest BCUT2D eigenvalue weighted by atomic mass is 16.2. The van der Waals surface area contributed by atoms with E-state index in [0.29, 0.717) is 12.6 Å². The lowest BCUT2D eigenvalue weighted by Crippen LogP contribution is -2.37. The van der Waals surface area contributed by atoms with E-state index in [1.54, 1.807) is 12.4 Å². The molecule has 5 heteroatoms. The van der Waals surface area contributed by atoms with Gasteiger partial charge in [-0.25, -0.2) is 4.79 Å². The van der Waals surface area contributed by atoms with Crippen molar-refractivity contribution in [3.63, 3.8) is 0 Å². The van der Waals surface area contributed by atoms with E-state index in [2.05, 4.69) is 39.6 Å². The molecule has 1 unspecified atom stereocenters. The van der Waals surface area contributed by atoms with E-state index < -0.39 is 0 Å². The summed E-state index contributed by atoms with van der Waals surface area (Å²) >= 11 is 0. The molecule has 3 rings (SSSR count). The molecule has 1 fully saturated rings. The molecule has 1 atom stereocenters. The normalized spacial score (nSPS) is 17.0. The molecule has 1 aromatic heterocycles. The van der Waals surface area contributed by atoms with E-state index in [9.17, 15) is 4.79 Å². The maximum absolute atomic E-state index is 12.2. The van der Waals surface area contributed by atoms with Crippen LogP contribution in [-0.2, 0) is 6.54 Å². The number of benzene rings is 1. The number of piperidine rings is 1. The van der Waals surface area contributed by atoms with Gasteiger partial charge in [0.2, 0.25) is 0 Å². The number of rotatable bonds is 4. The van der Waals surface area contributed by atoms with E-state index >= 15 is 0 Å². The Balaban J connectivity index is 1.61. The van der Waals surface area contributed by atoms with Crippen molar-refractivity contribution in [2.75, 3.05) is 16.8 Å². The summed E-state index contributed by atoms with van der Waals surface area (Å²) in [4.78, 5) is 18.8. The second kappa shape index (κ2) is 8.21. The first kappa shape index (κ1) is 18.2. The molecule has 1 aliphatic rings. The van der Waals surface area contributed by atoms with Gasteiger partial charge < -0.3 is 15.5 Å². The molecule has 2 heterocycles. The van der Waals surface area contributed by atoms with E-state index in [0.717, 1.165) is 28.9 Å². The molecular weight excluding hydrogens is 324 g/mol. The minimum absolute atomic E-state index is 0.191. The number of aromatic nitrogens is 1. The summed E-state index contributed by atoms with van der Waals surface area (Å²) < 4.78 is 0. The van der Waals surface area contributed by atoms with Gasteiger partial charge in [0.25, 0.3) is 0 Å². The quantitative estimate of drug-likeness (QED) is 0.857. The first-order valence-electron chi connectivity index (χ1n) is 9.36. The second-order valence-corrected chi connectivity index (χ2v) is 7.15. The number of carbonyl (C=O) groups excluding carboxylic acids is 1. The molecule has 2 amide bonds. The van der Waals surface area contributed by atoms with Gasteiger partial charge in [0.15, 0.2) is 0 Å². The zero-order chi connectivity index (χ0) is 18.5. The molecule has 1 aromatic carbocycles. The highest BCUT2D eigenvalue weighted by Gasteiger charge is 2.19. The maximum Gasteiger partial charge on any atom is 0.319 e. The number of amides is 2. The Morgan fingerprint density at radius 2 is 2.08 bits per heavy atom. The predicted molar refractivity (Wildman–Crippen MR) is 107 cm³/mol. The molecule has 2 aromatic rings. The maximum atomic E-state index is 12.2. The smallest absolute Gasteiger partial charge is 0.319 e. The van der Waals surface area contributed by atoms with Gasteiger partial charge in [-0.2, -0.15) is 0 Å². The summed E-state index contributed by atoms with van der Waals surface area (Å²) in [5.41, 5.74) is 5.32. The molecule has 0 aliphatic carbocycles. The summed E-state index contributed by atoms with van der Waals surface area (Å²) in [6.07, 6.45) is 7.36. The second-order valence-electron chi connectivity index (χ2n) is 7.15. The lowest BCUT2D eigenvalue weighted by Gasteiger charge is -2.35. The largest absolute Gasteiger partial charge is 0.369 e. The fourth-order valence-corrected chi connectivity index (χ4v) is 3.49. The molecule has 26 heavy (non-hydrogen) atoms. The van der Waals surface area contributed by atoms with Crippen LogP contribution in [0.1, 0.15) is 42.9 Å². The third kappa shape index (κ3) is 4.34. The monoisotopic (exact) mass is 352 g/mol. The van der Waals surface area contributed by atoms with Crippen LogP contribution in [0.3, 0.4) is 0 Å². The Morgan fingerprint density at radius 1 is 1.23 bits per heavy atom. The Hall–Kier alpha value is -2.56. The summed E-state index contributed by atoms with van der Waals surface area (Å²) in [5, 5.41) is 5.87. The number of nitrogens with zero attached hydrogens (tertiary/aromatic N) is 2. The van der Waals surface area contributed by atoms with Crippen LogP contribution < -0.4 is 15.5 Å². The van der Waals surface area contributed by atoms with Gasteiger partial charge in [-0.15, -0.1) is 0 Å². The molecule has 0 spiro atoms. The third-order valence-electron chi connectivity index (χ3n) is 5.17. The number of carbonyl (C=O) groups is 1. The molecule has 1 aliphatic heterocycles. The number of pyridine rings is 1. The van der Waals surface area contributed by atoms with E-state index in [1.165, 1.54) is 24.9 Å². The lowest BCUT2D eigenvalue weighted by molar-refractivity contribution is 0.251. The van der Waals surface area contributed by atoms with Crippen LogP contribution in [0.25, 0.3) is 0 Å². The number of anilines is 2. The van der Waals surface area contributed by atoms with Gasteiger partial charge in [-0.3, -0.25) is 4.98 Å². The first-order valence-corrected chi connectivity index (χ1v) is 9.36. The van der Waals surface area contributed by atoms with Crippen molar-refractivity contribution < 1.29 is 4.79 Å². The van der Waals surface area contributed by atoms with Crippen molar-refractivity contribution in [2.24, 2.45) is 0 Å². The van der Waals surface area contributed by atoms with Gasteiger partial charge in [0.05, 0.1) is 0 Å². The van der Waals surface area contributed by atoms with Gasteiger partial charge >= 0.3 is 6.03 Å². The van der Waals surface area contributed by atoms with Crippen LogP contribution in [0.5, 0.6) is 0 Å². The van der Waals surface area contributed by atoms with E-state index in [1.807, 2.05) is 26.0 Å². The minimum Gasteiger partial charge on any atom is -0.369 e. The minimum atomic E-state index is -0.191. The fraction of sp³-hybridized carbons (Fsp3) is 0.429. The van der Waals surface area contributed by atoms with Crippen LogP contribution >= 0.6 is 0 Å². The van der Waals surface area contributed by atoms with E-state index in [4.69, 9.17) is 0 Å². The molecular formula is C21H28N4O. The highest BCUT2D eigenvalue weighted by Crippen LogP contribution is 2.28. The molecule has 5 nitrogen and oxygen atoms in total. The predicted octanol–water partition coefficient (Wildman–Crippen LogP) is 4.40. The van der Waals surface area contributed by atoms with Crippen molar-refractivity contribution >= 4 is 17.4 Å². The van der Waals surface area contributed by atoms with Crippen molar-refractivity contribution in [1.82, 2.24) is 10.3 Å². The van der Waals surface area contributed by atoms with Crippen LogP contribution in [0.15, 0.2) is 36.7 Å². The molecule has 0 saturated carbocycles. The van der Waals surface area contributed by atoms with Gasteiger partial charge in [-0.05, 0) is 81.0 Å². The zero-order valence-electron chi connectivity index (χ0n) is 15.9. The van der Waals surface area contributed by atoms with E-state index in [-0.39, 0.29) is 6.03 Å². The summed E-state index contributed by atoms with van der Waals surface area (Å²) in [5.74, 6) is 0.